The maximum atomic E-state index is 11.2. The molecule has 0 aliphatic heterocycles. The fourth-order valence-electron chi connectivity index (χ4n) is 1.14. The summed E-state index contributed by atoms with van der Waals surface area (Å²) in [6.45, 7) is 0. The zero-order chi connectivity index (χ0) is 10.8. The molecule has 1 aromatic rings. The van der Waals surface area contributed by atoms with Crippen LogP contribution in [0.3, 0.4) is 0 Å². The first kappa shape index (κ1) is 11.2. The minimum atomic E-state index is -3.35. The number of rotatable bonds is 3. The first-order valence-electron chi connectivity index (χ1n) is 3.81. The highest BCUT2D eigenvalue weighted by Gasteiger charge is 2.12. The Bertz CT molecular complexity index is 492. The standard InChI is InChI=1S/C8H10O4S2/c1-14(11,12)8-5-3-2-4-7(8)6-13(9)10/h2-5,13H,6H2,1H3. The van der Waals surface area contributed by atoms with Gasteiger partial charge in [-0.2, -0.15) is 0 Å². The Kier molecular flexibility index (Phi) is 3.28. The van der Waals surface area contributed by atoms with E-state index in [1.165, 1.54) is 12.1 Å². The van der Waals surface area contributed by atoms with Crippen molar-refractivity contribution >= 4 is 20.5 Å². The van der Waals surface area contributed by atoms with Crippen LogP contribution in [0.25, 0.3) is 0 Å². The van der Waals surface area contributed by atoms with Gasteiger partial charge in [-0.1, -0.05) is 18.2 Å². The van der Waals surface area contributed by atoms with Gasteiger partial charge >= 0.3 is 0 Å². The zero-order valence-electron chi connectivity index (χ0n) is 7.50. The number of sulfone groups is 1. The van der Waals surface area contributed by atoms with Gasteiger partial charge in [-0.3, -0.25) is 0 Å². The average Bonchev–Trinajstić information content (AvgIpc) is 2.01. The molecular formula is C8H10O4S2. The van der Waals surface area contributed by atoms with Crippen LogP contribution in [0.15, 0.2) is 29.2 Å². The van der Waals surface area contributed by atoms with E-state index in [4.69, 9.17) is 0 Å². The third-order valence-electron chi connectivity index (χ3n) is 1.67. The Labute approximate surface area is 84.4 Å². The molecule has 78 valence electrons. The molecule has 1 aromatic carbocycles. The third kappa shape index (κ3) is 2.81. The molecule has 0 saturated carbocycles. The van der Waals surface area contributed by atoms with E-state index in [1.807, 2.05) is 0 Å². The Hall–Kier alpha value is -0.880. The van der Waals surface area contributed by atoms with Gasteiger partial charge in [0.15, 0.2) is 9.84 Å². The highest BCUT2D eigenvalue weighted by atomic mass is 32.2. The Balaban J connectivity index is 3.30. The molecule has 0 aromatic heterocycles. The number of hydrogen-bond acceptors (Lipinski definition) is 4. The normalized spacial score (nSPS) is 11.9. The van der Waals surface area contributed by atoms with E-state index < -0.39 is 20.5 Å². The fourth-order valence-corrected chi connectivity index (χ4v) is 2.74. The van der Waals surface area contributed by atoms with Gasteiger partial charge in [0.05, 0.1) is 10.6 Å². The fraction of sp³-hybridized carbons (Fsp3) is 0.250. The van der Waals surface area contributed by atoms with E-state index in [2.05, 4.69) is 0 Å². The number of thiol groups is 1. The monoisotopic (exact) mass is 234 g/mol. The molecule has 0 amide bonds. The summed E-state index contributed by atoms with van der Waals surface area (Å²) in [4.78, 5) is 0.0826. The van der Waals surface area contributed by atoms with Crippen molar-refractivity contribution in [2.45, 2.75) is 10.6 Å². The number of benzene rings is 1. The van der Waals surface area contributed by atoms with Gasteiger partial charge in [0.25, 0.3) is 0 Å². The molecule has 14 heavy (non-hydrogen) atoms. The molecule has 6 heteroatoms. The van der Waals surface area contributed by atoms with Gasteiger partial charge in [-0.05, 0) is 11.6 Å². The molecule has 0 fully saturated rings. The summed E-state index contributed by atoms with van der Waals surface area (Å²) in [5.41, 5.74) is 0.325. The minimum Gasteiger partial charge on any atom is -0.232 e. The second kappa shape index (κ2) is 4.10. The molecule has 1 rings (SSSR count). The van der Waals surface area contributed by atoms with Gasteiger partial charge < -0.3 is 0 Å². The Morgan fingerprint density at radius 3 is 2.29 bits per heavy atom. The molecule has 4 nitrogen and oxygen atoms in total. The summed E-state index contributed by atoms with van der Waals surface area (Å²) >= 11 is 0. The van der Waals surface area contributed by atoms with Crippen LogP contribution in [0.4, 0.5) is 0 Å². The van der Waals surface area contributed by atoms with Gasteiger partial charge in [0.2, 0.25) is 0 Å². The Morgan fingerprint density at radius 2 is 1.79 bits per heavy atom. The Morgan fingerprint density at radius 1 is 1.21 bits per heavy atom. The largest absolute Gasteiger partial charge is 0.232 e. The van der Waals surface area contributed by atoms with Crippen LogP contribution in [0.1, 0.15) is 5.56 Å². The van der Waals surface area contributed by atoms with E-state index in [9.17, 15) is 16.8 Å². The van der Waals surface area contributed by atoms with Crippen LogP contribution in [-0.4, -0.2) is 23.1 Å². The predicted molar refractivity (Wildman–Crippen MR) is 53.6 cm³/mol. The molecule has 0 spiro atoms. The van der Waals surface area contributed by atoms with Crippen molar-refractivity contribution in [1.29, 1.82) is 0 Å². The van der Waals surface area contributed by atoms with Crippen LogP contribution < -0.4 is 0 Å². The van der Waals surface area contributed by atoms with Crippen LogP contribution in [0, 0.1) is 0 Å². The highest BCUT2D eigenvalue weighted by molar-refractivity contribution is 7.90. The van der Waals surface area contributed by atoms with E-state index in [-0.39, 0.29) is 10.6 Å². The first-order chi connectivity index (χ1) is 6.41. The lowest BCUT2D eigenvalue weighted by atomic mass is 10.2. The second-order valence-electron chi connectivity index (χ2n) is 2.87. The summed E-state index contributed by atoms with van der Waals surface area (Å²) in [5.74, 6) is -0.238. The van der Waals surface area contributed by atoms with Crippen molar-refractivity contribution in [1.82, 2.24) is 0 Å². The molecule has 0 bridgehead atoms. The lowest BCUT2D eigenvalue weighted by molar-refractivity contribution is 0.601. The molecule has 0 unspecified atom stereocenters. The summed E-state index contributed by atoms with van der Waals surface area (Å²) < 4.78 is 43.5. The SMILES string of the molecule is CS(=O)(=O)c1ccccc1C[SH](=O)=O. The van der Waals surface area contributed by atoms with Crippen LogP contribution in [0.5, 0.6) is 0 Å². The van der Waals surface area contributed by atoms with Crippen LogP contribution in [-0.2, 0) is 26.3 Å². The second-order valence-corrected chi connectivity index (χ2v) is 5.84. The van der Waals surface area contributed by atoms with Crippen molar-refractivity contribution < 1.29 is 16.8 Å². The van der Waals surface area contributed by atoms with Crippen LogP contribution >= 0.6 is 0 Å². The van der Waals surface area contributed by atoms with E-state index in [0.29, 0.717) is 5.56 Å². The minimum absolute atomic E-state index is 0.0826. The van der Waals surface area contributed by atoms with Gasteiger partial charge in [-0.25, -0.2) is 16.8 Å². The maximum absolute atomic E-state index is 11.2. The van der Waals surface area contributed by atoms with Crippen molar-refractivity contribution in [3.05, 3.63) is 29.8 Å². The van der Waals surface area contributed by atoms with E-state index in [0.717, 1.165) is 6.26 Å². The van der Waals surface area contributed by atoms with E-state index in [1.54, 1.807) is 12.1 Å². The smallest absolute Gasteiger partial charge is 0.175 e. The van der Waals surface area contributed by atoms with Gasteiger partial charge in [0, 0.05) is 6.26 Å². The van der Waals surface area contributed by atoms with Crippen molar-refractivity contribution in [2.24, 2.45) is 0 Å². The molecule has 0 aliphatic rings. The lowest BCUT2D eigenvalue weighted by Gasteiger charge is -2.03. The summed E-state index contributed by atoms with van der Waals surface area (Å²) in [6, 6.07) is 6.09. The van der Waals surface area contributed by atoms with Crippen LogP contribution in [0.2, 0.25) is 0 Å². The van der Waals surface area contributed by atoms with Crippen molar-refractivity contribution in [2.75, 3.05) is 6.26 Å². The maximum Gasteiger partial charge on any atom is 0.175 e. The quantitative estimate of drug-likeness (QED) is 0.759. The van der Waals surface area contributed by atoms with Gasteiger partial charge in [0.1, 0.15) is 10.7 Å². The average molecular weight is 234 g/mol. The lowest BCUT2D eigenvalue weighted by Crippen LogP contribution is -2.02. The van der Waals surface area contributed by atoms with Crippen molar-refractivity contribution in [3.63, 3.8) is 0 Å². The molecular weight excluding hydrogens is 224 g/mol. The van der Waals surface area contributed by atoms with E-state index >= 15 is 0 Å². The highest BCUT2D eigenvalue weighted by Crippen LogP contribution is 2.15. The summed E-state index contributed by atoms with van der Waals surface area (Å²) in [7, 11) is -5.95. The van der Waals surface area contributed by atoms with Gasteiger partial charge in [-0.15, -0.1) is 0 Å². The summed E-state index contributed by atoms with van der Waals surface area (Å²) in [6.07, 6.45) is 1.06. The first-order valence-corrected chi connectivity index (χ1v) is 7.06. The molecule has 0 heterocycles. The molecule has 0 atom stereocenters. The molecule has 0 radical (unpaired) electrons. The topological polar surface area (TPSA) is 68.3 Å². The summed E-state index contributed by atoms with van der Waals surface area (Å²) in [5, 5.41) is 0. The predicted octanol–water partition coefficient (Wildman–Crippen LogP) is 0.202. The molecule has 0 saturated heterocycles. The third-order valence-corrected chi connectivity index (χ3v) is 3.47. The zero-order valence-corrected chi connectivity index (χ0v) is 9.22. The van der Waals surface area contributed by atoms with Crippen molar-refractivity contribution in [3.8, 4) is 0 Å². The molecule has 0 N–H and O–H groups in total. The molecule has 0 aliphatic carbocycles. The number of hydrogen-bond donors (Lipinski definition) is 1.